The number of nitrogens with one attached hydrogen (secondary N) is 1. The second kappa shape index (κ2) is 7.22. The van der Waals surface area contributed by atoms with Gasteiger partial charge in [-0.15, -0.1) is 0 Å². The SMILES string of the molecule is CC[C@H](NS(=O)(=O)N1CCOCC1)c1ccccc1OC. The van der Waals surface area contributed by atoms with Crippen LogP contribution in [0.3, 0.4) is 0 Å². The minimum absolute atomic E-state index is 0.311. The van der Waals surface area contributed by atoms with Crippen molar-refractivity contribution in [2.24, 2.45) is 0 Å². The highest BCUT2D eigenvalue weighted by Gasteiger charge is 2.28. The predicted molar refractivity (Wildman–Crippen MR) is 80.5 cm³/mol. The van der Waals surface area contributed by atoms with Gasteiger partial charge >= 0.3 is 0 Å². The van der Waals surface area contributed by atoms with Crippen molar-refractivity contribution in [3.63, 3.8) is 0 Å². The lowest BCUT2D eigenvalue weighted by Gasteiger charge is -2.28. The van der Waals surface area contributed by atoms with E-state index in [0.29, 0.717) is 38.5 Å². The number of methoxy groups -OCH3 is 1. The number of rotatable bonds is 6. The van der Waals surface area contributed by atoms with E-state index in [1.807, 2.05) is 31.2 Å². The van der Waals surface area contributed by atoms with E-state index >= 15 is 0 Å². The number of benzene rings is 1. The number of morpholine rings is 1. The Morgan fingerprint density at radius 1 is 1.33 bits per heavy atom. The summed E-state index contributed by atoms with van der Waals surface area (Å²) in [5, 5.41) is 0. The Morgan fingerprint density at radius 2 is 2.00 bits per heavy atom. The Hall–Kier alpha value is -1.15. The fourth-order valence-corrected chi connectivity index (χ4v) is 3.79. The molecule has 0 bridgehead atoms. The molecule has 1 saturated heterocycles. The minimum Gasteiger partial charge on any atom is -0.496 e. The monoisotopic (exact) mass is 314 g/mol. The molecule has 1 fully saturated rings. The predicted octanol–water partition coefficient (Wildman–Crippen LogP) is 1.31. The highest BCUT2D eigenvalue weighted by molar-refractivity contribution is 7.87. The second-order valence-corrected chi connectivity index (χ2v) is 6.54. The number of hydrogen-bond donors (Lipinski definition) is 1. The first-order valence-corrected chi connectivity index (χ1v) is 8.50. The van der Waals surface area contributed by atoms with E-state index in [2.05, 4.69) is 4.72 Å². The summed E-state index contributed by atoms with van der Waals surface area (Å²) in [6.07, 6.45) is 0.643. The zero-order chi connectivity index (χ0) is 15.3. The highest BCUT2D eigenvalue weighted by atomic mass is 32.2. The summed E-state index contributed by atoms with van der Waals surface area (Å²) < 4.78 is 39.6. The smallest absolute Gasteiger partial charge is 0.280 e. The number of nitrogens with zero attached hydrogens (tertiary/aromatic N) is 1. The number of para-hydroxylation sites is 1. The molecule has 1 aromatic rings. The first kappa shape index (κ1) is 16.2. The summed E-state index contributed by atoms with van der Waals surface area (Å²) >= 11 is 0. The first-order chi connectivity index (χ1) is 10.1. The van der Waals surface area contributed by atoms with Crippen molar-refractivity contribution in [2.45, 2.75) is 19.4 Å². The first-order valence-electron chi connectivity index (χ1n) is 7.06. The molecule has 118 valence electrons. The van der Waals surface area contributed by atoms with Crippen molar-refractivity contribution in [1.29, 1.82) is 0 Å². The number of hydrogen-bond acceptors (Lipinski definition) is 4. The van der Waals surface area contributed by atoms with Gasteiger partial charge in [-0.25, -0.2) is 0 Å². The maximum absolute atomic E-state index is 12.4. The Bertz CT molecular complexity index is 556. The molecule has 0 radical (unpaired) electrons. The van der Waals surface area contributed by atoms with Gasteiger partial charge in [0.25, 0.3) is 10.2 Å². The summed E-state index contributed by atoms with van der Waals surface area (Å²) in [6.45, 7) is 3.59. The third-order valence-electron chi connectivity index (χ3n) is 3.52. The molecule has 0 aromatic heterocycles. The van der Waals surface area contributed by atoms with Crippen LogP contribution in [0.1, 0.15) is 24.9 Å². The maximum Gasteiger partial charge on any atom is 0.280 e. The fourth-order valence-electron chi connectivity index (χ4n) is 2.36. The topological polar surface area (TPSA) is 67.9 Å². The zero-order valence-corrected chi connectivity index (χ0v) is 13.2. The minimum atomic E-state index is -3.52. The highest BCUT2D eigenvalue weighted by Crippen LogP contribution is 2.27. The van der Waals surface area contributed by atoms with E-state index < -0.39 is 10.2 Å². The second-order valence-electron chi connectivity index (χ2n) is 4.84. The lowest BCUT2D eigenvalue weighted by molar-refractivity contribution is 0.0723. The molecule has 1 N–H and O–H groups in total. The van der Waals surface area contributed by atoms with Gasteiger partial charge in [0, 0.05) is 18.7 Å². The Morgan fingerprint density at radius 3 is 2.62 bits per heavy atom. The number of ether oxygens (including phenoxy) is 2. The van der Waals surface area contributed by atoms with Gasteiger partial charge in [-0.1, -0.05) is 25.1 Å². The molecule has 0 unspecified atom stereocenters. The average Bonchev–Trinajstić information content (AvgIpc) is 2.53. The van der Waals surface area contributed by atoms with Crippen LogP contribution >= 0.6 is 0 Å². The van der Waals surface area contributed by atoms with Gasteiger partial charge in [-0.2, -0.15) is 17.4 Å². The van der Waals surface area contributed by atoms with E-state index in [1.165, 1.54) is 4.31 Å². The molecule has 1 aromatic carbocycles. The fraction of sp³-hybridized carbons (Fsp3) is 0.571. The van der Waals surface area contributed by atoms with Crippen molar-refractivity contribution in [3.05, 3.63) is 29.8 Å². The Labute approximate surface area is 126 Å². The third-order valence-corrected chi connectivity index (χ3v) is 5.15. The quantitative estimate of drug-likeness (QED) is 0.860. The van der Waals surface area contributed by atoms with Gasteiger partial charge in [0.15, 0.2) is 0 Å². The van der Waals surface area contributed by atoms with Gasteiger partial charge in [0.1, 0.15) is 5.75 Å². The molecule has 0 aliphatic carbocycles. The lowest BCUT2D eigenvalue weighted by atomic mass is 10.0. The Balaban J connectivity index is 2.18. The van der Waals surface area contributed by atoms with Crippen molar-refractivity contribution < 1.29 is 17.9 Å². The molecule has 0 saturated carbocycles. The van der Waals surface area contributed by atoms with E-state index in [4.69, 9.17) is 9.47 Å². The molecule has 0 spiro atoms. The van der Waals surface area contributed by atoms with E-state index in [0.717, 1.165) is 5.56 Å². The zero-order valence-electron chi connectivity index (χ0n) is 12.4. The van der Waals surface area contributed by atoms with Crippen LogP contribution in [-0.2, 0) is 14.9 Å². The standard InChI is InChI=1S/C14H22N2O4S/c1-3-13(12-6-4-5-7-14(12)19-2)15-21(17,18)16-8-10-20-11-9-16/h4-7,13,15H,3,8-11H2,1-2H3/t13-/m0/s1. The van der Waals surface area contributed by atoms with Crippen molar-refractivity contribution in [2.75, 3.05) is 33.4 Å². The largest absolute Gasteiger partial charge is 0.496 e. The van der Waals surface area contributed by atoms with E-state index in [1.54, 1.807) is 7.11 Å². The van der Waals surface area contributed by atoms with Crippen molar-refractivity contribution in [3.8, 4) is 5.75 Å². The molecular formula is C14H22N2O4S. The molecule has 7 heteroatoms. The Kier molecular flexibility index (Phi) is 5.58. The van der Waals surface area contributed by atoms with Crippen LogP contribution in [0.15, 0.2) is 24.3 Å². The molecule has 21 heavy (non-hydrogen) atoms. The van der Waals surface area contributed by atoms with Crippen LogP contribution in [-0.4, -0.2) is 46.1 Å². The molecule has 1 heterocycles. The van der Waals surface area contributed by atoms with Crippen molar-refractivity contribution in [1.82, 2.24) is 9.03 Å². The summed E-state index contributed by atoms with van der Waals surface area (Å²) in [5.74, 6) is 0.689. The molecule has 1 atom stereocenters. The molecule has 1 aliphatic rings. The van der Waals surface area contributed by atoms with Crippen LogP contribution in [0.2, 0.25) is 0 Å². The third kappa shape index (κ3) is 3.94. The summed E-state index contributed by atoms with van der Waals surface area (Å²) in [4.78, 5) is 0. The normalized spacial score (nSPS) is 18.4. The van der Waals surface area contributed by atoms with Crippen LogP contribution in [0.4, 0.5) is 0 Å². The summed E-state index contributed by atoms with van der Waals surface area (Å²) in [6, 6.07) is 7.15. The van der Waals surface area contributed by atoms with Gasteiger partial charge in [-0.3, -0.25) is 0 Å². The molecular weight excluding hydrogens is 292 g/mol. The van der Waals surface area contributed by atoms with E-state index in [-0.39, 0.29) is 6.04 Å². The maximum atomic E-state index is 12.4. The summed E-state index contributed by atoms with van der Waals surface area (Å²) in [5.41, 5.74) is 0.847. The average molecular weight is 314 g/mol. The molecule has 0 amide bonds. The van der Waals surface area contributed by atoms with Gasteiger partial charge in [0.05, 0.1) is 26.4 Å². The van der Waals surface area contributed by atoms with Crippen LogP contribution in [0.25, 0.3) is 0 Å². The van der Waals surface area contributed by atoms with Gasteiger partial charge < -0.3 is 9.47 Å². The van der Waals surface area contributed by atoms with Crippen molar-refractivity contribution >= 4 is 10.2 Å². The van der Waals surface area contributed by atoms with Gasteiger partial charge in [0.2, 0.25) is 0 Å². The van der Waals surface area contributed by atoms with Crippen LogP contribution in [0.5, 0.6) is 5.75 Å². The molecule has 2 rings (SSSR count). The lowest BCUT2D eigenvalue weighted by Crippen LogP contribution is -2.47. The molecule has 6 nitrogen and oxygen atoms in total. The van der Waals surface area contributed by atoms with Crippen LogP contribution < -0.4 is 9.46 Å². The van der Waals surface area contributed by atoms with Gasteiger partial charge in [-0.05, 0) is 12.5 Å². The molecule has 1 aliphatic heterocycles. The van der Waals surface area contributed by atoms with E-state index in [9.17, 15) is 8.42 Å². The summed E-state index contributed by atoms with van der Waals surface area (Å²) in [7, 11) is -1.93. The van der Waals surface area contributed by atoms with Crippen LogP contribution in [0, 0.1) is 0 Å².